The molecular weight excluding hydrogens is 253 g/mol. The molecule has 0 fully saturated rings. The van der Waals surface area contributed by atoms with Crippen molar-refractivity contribution >= 4 is 6.03 Å². The van der Waals surface area contributed by atoms with E-state index in [-0.39, 0.29) is 16.8 Å². The van der Waals surface area contributed by atoms with Crippen LogP contribution in [0.15, 0.2) is 12.4 Å². The van der Waals surface area contributed by atoms with Gasteiger partial charge in [-0.25, -0.2) is 4.79 Å². The van der Waals surface area contributed by atoms with Crippen molar-refractivity contribution < 1.29 is 18.0 Å². The lowest BCUT2D eigenvalue weighted by atomic mass is 10.2. The van der Waals surface area contributed by atoms with E-state index in [9.17, 15) is 18.0 Å². The quantitative estimate of drug-likeness (QED) is 0.763. The summed E-state index contributed by atoms with van der Waals surface area (Å²) in [5.41, 5.74) is -1.48. The van der Waals surface area contributed by atoms with Crippen LogP contribution < -0.4 is 0 Å². The fourth-order valence-electron chi connectivity index (χ4n) is 1.38. The van der Waals surface area contributed by atoms with E-state index < -0.39 is 17.9 Å². The Labute approximate surface area is 98.2 Å². The molecule has 0 amide bonds. The predicted molar refractivity (Wildman–Crippen MR) is 50.6 cm³/mol. The van der Waals surface area contributed by atoms with Gasteiger partial charge in [-0.3, -0.25) is 0 Å². The third kappa shape index (κ3) is 1.96. The Morgan fingerprint density at radius 2 is 2.11 bits per heavy atom. The number of hydrogen-bond donors (Lipinski definition) is 0. The molecule has 2 rings (SSSR count). The molecule has 0 bridgehead atoms. The lowest BCUT2D eigenvalue weighted by Crippen LogP contribution is -2.27. The van der Waals surface area contributed by atoms with Crippen LogP contribution in [0.4, 0.5) is 18.0 Å². The van der Waals surface area contributed by atoms with Crippen molar-refractivity contribution in [2.75, 3.05) is 0 Å². The van der Waals surface area contributed by atoms with E-state index in [1.165, 1.54) is 13.1 Å². The summed E-state index contributed by atoms with van der Waals surface area (Å²) < 4.78 is 39.3. The summed E-state index contributed by atoms with van der Waals surface area (Å²) in [7, 11) is 0. The van der Waals surface area contributed by atoms with Gasteiger partial charge in [0.25, 0.3) is 0 Å². The summed E-state index contributed by atoms with van der Waals surface area (Å²) in [5.74, 6) is 0. The van der Waals surface area contributed by atoms with Crippen molar-refractivity contribution in [3.8, 4) is 0 Å². The van der Waals surface area contributed by atoms with Gasteiger partial charge in [0.1, 0.15) is 0 Å². The predicted octanol–water partition coefficient (Wildman–Crippen LogP) is 0.967. The number of halogens is 3. The highest BCUT2D eigenvalue weighted by atomic mass is 19.4. The van der Waals surface area contributed by atoms with Crippen molar-refractivity contribution in [1.29, 1.82) is 0 Å². The van der Waals surface area contributed by atoms with E-state index >= 15 is 0 Å². The maximum absolute atomic E-state index is 12.8. The summed E-state index contributed by atoms with van der Waals surface area (Å²) >= 11 is 0. The first kappa shape index (κ1) is 12.2. The van der Waals surface area contributed by atoms with Gasteiger partial charge >= 0.3 is 12.2 Å². The standard InChI is InChI=1S/C8H7F3N6O/c1-2-5-6(8(9,10)11)17(15-13-5)7(18)16-4-3-12-14-16/h3-4H,2H2,1H3. The SMILES string of the molecule is CCc1nnn(C(=O)n2ccnn2)c1C(F)(F)F. The Hall–Kier alpha value is -2.26. The number of alkyl halides is 3. The number of nitrogens with zero attached hydrogens (tertiary/aromatic N) is 6. The number of aromatic nitrogens is 6. The fraction of sp³-hybridized carbons (Fsp3) is 0.375. The van der Waals surface area contributed by atoms with E-state index in [1.807, 2.05) is 0 Å². The molecule has 0 saturated heterocycles. The van der Waals surface area contributed by atoms with Gasteiger partial charge in [0.15, 0.2) is 5.69 Å². The van der Waals surface area contributed by atoms with Gasteiger partial charge in [-0.05, 0) is 6.42 Å². The summed E-state index contributed by atoms with van der Waals surface area (Å²) in [6.07, 6.45) is -2.41. The molecule has 0 saturated carbocycles. The number of hydrogen-bond acceptors (Lipinski definition) is 5. The fourth-order valence-corrected chi connectivity index (χ4v) is 1.38. The average molecular weight is 260 g/mol. The van der Waals surface area contributed by atoms with Crippen molar-refractivity contribution in [2.24, 2.45) is 0 Å². The van der Waals surface area contributed by atoms with Gasteiger partial charge in [0.05, 0.1) is 18.1 Å². The average Bonchev–Trinajstić information content (AvgIpc) is 2.96. The highest BCUT2D eigenvalue weighted by Gasteiger charge is 2.40. The van der Waals surface area contributed by atoms with Crippen LogP contribution in [0, 0.1) is 0 Å². The van der Waals surface area contributed by atoms with Crippen LogP contribution in [0.5, 0.6) is 0 Å². The van der Waals surface area contributed by atoms with Crippen LogP contribution in [0.25, 0.3) is 0 Å². The van der Waals surface area contributed by atoms with Gasteiger partial charge in [-0.15, -0.1) is 10.2 Å². The molecule has 2 aromatic heterocycles. The summed E-state index contributed by atoms with van der Waals surface area (Å²) in [6, 6.07) is -1.09. The summed E-state index contributed by atoms with van der Waals surface area (Å²) in [5, 5.41) is 13.2. The Bertz CT molecular complexity index is 558. The van der Waals surface area contributed by atoms with Crippen LogP contribution in [0.2, 0.25) is 0 Å². The minimum Gasteiger partial charge on any atom is -0.243 e. The molecule has 96 valence electrons. The molecule has 0 aromatic carbocycles. The normalized spacial score (nSPS) is 11.8. The van der Waals surface area contributed by atoms with Crippen LogP contribution in [0.3, 0.4) is 0 Å². The molecule has 7 nitrogen and oxygen atoms in total. The van der Waals surface area contributed by atoms with Gasteiger partial charge in [-0.2, -0.15) is 22.5 Å². The molecule has 0 spiro atoms. The maximum atomic E-state index is 12.8. The molecular formula is C8H7F3N6O. The number of carbonyl (C=O) groups excluding carboxylic acids is 1. The molecule has 2 heterocycles. The molecule has 0 N–H and O–H groups in total. The van der Waals surface area contributed by atoms with Crippen molar-refractivity contribution in [3.63, 3.8) is 0 Å². The van der Waals surface area contributed by atoms with Crippen LogP contribution >= 0.6 is 0 Å². The van der Waals surface area contributed by atoms with Gasteiger partial charge < -0.3 is 0 Å². The molecule has 2 aromatic rings. The summed E-state index contributed by atoms with van der Waals surface area (Å²) in [4.78, 5) is 11.7. The molecule has 18 heavy (non-hydrogen) atoms. The number of carbonyl (C=O) groups is 1. The Morgan fingerprint density at radius 1 is 1.39 bits per heavy atom. The molecule has 0 atom stereocenters. The summed E-state index contributed by atoms with van der Waals surface area (Å²) in [6.45, 7) is 1.49. The number of aryl methyl sites for hydroxylation is 1. The van der Waals surface area contributed by atoms with Gasteiger partial charge in [0, 0.05) is 0 Å². The first-order valence-corrected chi connectivity index (χ1v) is 4.88. The smallest absolute Gasteiger partial charge is 0.243 e. The highest BCUT2D eigenvalue weighted by molar-refractivity contribution is 5.78. The zero-order valence-electron chi connectivity index (χ0n) is 9.09. The van der Waals surface area contributed by atoms with E-state index in [0.717, 1.165) is 6.20 Å². The van der Waals surface area contributed by atoms with Crippen molar-refractivity contribution in [3.05, 3.63) is 23.8 Å². The molecule has 0 aliphatic rings. The second kappa shape index (κ2) is 4.20. The maximum Gasteiger partial charge on any atom is 0.435 e. The molecule has 10 heteroatoms. The minimum atomic E-state index is -4.72. The Kier molecular flexibility index (Phi) is 2.85. The van der Waals surface area contributed by atoms with Crippen molar-refractivity contribution in [1.82, 2.24) is 30.0 Å². The zero-order chi connectivity index (χ0) is 13.3. The molecule has 0 aliphatic heterocycles. The van der Waals surface area contributed by atoms with E-state index in [2.05, 4.69) is 20.6 Å². The topological polar surface area (TPSA) is 78.5 Å². The largest absolute Gasteiger partial charge is 0.435 e. The lowest BCUT2D eigenvalue weighted by Gasteiger charge is -2.08. The monoisotopic (exact) mass is 260 g/mol. The minimum absolute atomic E-state index is 0.0134. The second-order valence-corrected chi connectivity index (χ2v) is 3.28. The number of rotatable bonds is 1. The van der Waals surface area contributed by atoms with Crippen molar-refractivity contribution in [2.45, 2.75) is 19.5 Å². The lowest BCUT2D eigenvalue weighted by molar-refractivity contribution is -0.143. The zero-order valence-corrected chi connectivity index (χ0v) is 9.09. The van der Waals surface area contributed by atoms with Gasteiger partial charge in [0.2, 0.25) is 0 Å². The van der Waals surface area contributed by atoms with Crippen LogP contribution in [0.1, 0.15) is 18.3 Å². The first-order valence-electron chi connectivity index (χ1n) is 4.88. The highest BCUT2D eigenvalue weighted by Crippen LogP contribution is 2.31. The van der Waals surface area contributed by atoms with E-state index in [4.69, 9.17) is 0 Å². The Balaban J connectivity index is 2.52. The second-order valence-electron chi connectivity index (χ2n) is 3.28. The first-order chi connectivity index (χ1) is 8.45. The van der Waals surface area contributed by atoms with Crippen LogP contribution in [-0.4, -0.2) is 36.0 Å². The van der Waals surface area contributed by atoms with Gasteiger partial charge in [-0.1, -0.05) is 17.4 Å². The third-order valence-corrected chi connectivity index (χ3v) is 2.14. The molecule has 0 aliphatic carbocycles. The Morgan fingerprint density at radius 3 is 2.61 bits per heavy atom. The van der Waals surface area contributed by atoms with E-state index in [1.54, 1.807) is 0 Å². The third-order valence-electron chi connectivity index (χ3n) is 2.14. The molecule has 0 unspecified atom stereocenters. The molecule has 0 radical (unpaired) electrons. The van der Waals surface area contributed by atoms with E-state index in [0.29, 0.717) is 4.68 Å². The van der Waals surface area contributed by atoms with Crippen LogP contribution in [-0.2, 0) is 12.6 Å².